The molecule has 1 N–H and O–H groups in total. The zero-order chi connectivity index (χ0) is 14.5. The molecule has 0 saturated heterocycles. The van der Waals surface area contributed by atoms with Gasteiger partial charge in [-0.15, -0.1) is 0 Å². The van der Waals surface area contributed by atoms with Crippen LogP contribution in [0.5, 0.6) is 0 Å². The van der Waals surface area contributed by atoms with Crippen LogP contribution in [0, 0.1) is 0 Å². The summed E-state index contributed by atoms with van der Waals surface area (Å²) in [5, 5.41) is 6.89. The summed E-state index contributed by atoms with van der Waals surface area (Å²) in [5.41, 5.74) is 3.43. The Balaban J connectivity index is 1.76. The number of ketones is 1. The van der Waals surface area contributed by atoms with Gasteiger partial charge in [-0.3, -0.25) is 14.9 Å². The number of rotatable bonds is 5. The summed E-state index contributed by atoms with van der Waals surface area (Å²) in [6.07, 6.45) is 6.35. The molecule has 0 amide bonds. The number of aromatic nitrogens is 3. The number of pyridine rings is 1. The number of aromatic amines is 1. The monoisotopic (exact) mass is 277 g/mol. The van der Waals surface area contributed by atoms with Crippen molar-refractivity contribution in [3.8, 4) is 11.1 Å². The molecular formula is C17H15N3O. The third kappa shape index (κ3) is 3.05. The second kappa shape index (κ2) is 6.13. The van der Waals surface area contributed by atoms with E-state index < -0.39 is 0 Å². The van der Waals surface area contributed by atoms with Crippen molar-refractivity contribution in [2.75, 3.05) is 0 Å². The minimum atomic E-state index is 0.0481. The molecule has 0 atom stereocenters. The lowest BCUT2D eigenvalue weighted by atomic mass is 10.0. The van der Waals surface area contributed by atoms with Crippen LogP contribution < -0.4 is 0 Å². The Kier molecular flexibility index (Phi) is 3.87. The van der Waals surface area contributed by atoms with Crippen LogP contribution in [0.4, 0.5) is 0 Å². The van der Waals surface area contributed by atoms with Gasteiger partial charge in [-0.2, -0.15) is 5.10 Å². The fraction of sp³-hybridized carbons (Fsp3) is 0.118. The summed E-state index contributed by atoms with van der Waals surface area (Å²) < 4.78 is 0. The largest absolute Gasteiger partial charge is 0.292 e. The van der Waals surface area contributed by atoms with Crippen LogP contribution in [-0.4, -0.2) is 21.0 Å². The van der Waals surface area contributed by atoms with E-state index in [1.807, 2.05) is 42.5 Å². The predicted molar refractivity (Wildman–Crippen MR) is 80.9 cm³/mol. The normalized spacial score (nSPS) is 10.5. The van der Waals surface area contributed by atoms with Crippen LogP contribution in [0.25, 0.3) is 11.1 Å². The summed E-state index contributed by atoms with van der Waals surface area (Å²) >= 11 is 0. The number of hydrogen-bond donors (Lipinski definition) is 1. The van der Waals surface area contributed by atoms with Crippen molar-refractivity contribution >= 4 is 5.78 Å². The summed E-state index contributed by atoms with van der Waals surface area (Å²) in [4.78, 5) is 16.4. The Bertz CT molecular complexity index is 720. The fourth-order valence-corrected chi connectivity index (χ4v) is 2.27. The molecular weight excluding hydrogens is 262 g/mol. The number of H-pyrrole nitrogens is 1. The third-order valence-corrected chi connectivity index (χ3v) is 3.38. The number of Topliss-reactive ketones (excluding diaryl/α,β-unsaturated/α-hetero) is 1. The number of nitrogens with one attached hydrogen (secondary N) is 1. The van der Waals surface area contributed by atoms with E-state index in [4.69, 9.17) is 0 Å². The van der Waals surface area contributed by atoms with Crippen molar-refractivity contribution in [3.63, 3.8) is 0 Å². The van der Waals surface area contributed by atoms with Gasteiger partial charge < -0.3 is 0 Å². The first-order chi connectivity index (χ1) is 10.3. The molecule has 21 heavy (non-hydrogen) atoms. The lowest BCUT2D eigenvalue weighted by Gasteiger charge is -2.02. The fourth-order valence-electron chi connectivity index (χ4n) is 2.27. The number of hydrogen-bond acceptors (Lipinski definition) is 3. The standard InChI is InChI=1S/C17H15N3O/c21-16(7-6-13-4-2-1-3-5-13)17-15(12-19-20-17)14-8-10-18-11-9-14/h1-5,8-12H,6-7H2,(H,19,20). The van der Waals surface area contributed by atoms with Crippen LogP contribution in [0.15, 0.2) is 61.1 Å². The van der Waals surface area contributed by atoms with E-state index in [1.165, 1.54) is 0 Å². The molecule has 2 aromatic heterocycles. The van der Waals surface area contributed by atoms with Gasteiger partial charge in [-0.05, 0) is 29.7 Å². The molecule has 0 aliphatic rings. The Labute approximate surface area is 122 Å². The van der Waals surface area contributed by atoms with E-state index in [2.05, 4.69) is 15.2 Å². The van der Waals surface area contributed by atoms with E-state index >= 15 is 0 Å². The number of aryl methyl sites for hydroxylation is 1. The zero-order valence-electron chi connectivity index (χ0n) is 11.5. The molecule has 104 valence electrons. The van der Waals surface area contributed by atoms with Gasteiger partial charge in [0, 0.05) is 30.6 Å². The van der Waals surface area contributed by atoms with Crippen LogP contribution >= 0.6 is 0 Å². The second-order valence-corrected chi connectivity index (χ2v) is 4.79. The average molecular weight is 277 g/mol. The van der Waals surface area contributed by atoms with Crippen molar-refractivity contribution in [2.45, 2.75) is 12.8 Å². The van der Waals surface area contributed by atoms with Gasteiger partial charge >= 0.3 is 0 Å². The molecule has 4 nitrogen and oxygen atoms in total. The van der Waals surface area contributed by atoms with Crippen molar-refractivity contribution in [3.05, 3.63) is 72.3 Å². The number of nitrogens with zero attached hydrogens (tertiary/aromatic N) is 2. The predicted octanol–water partition coefficient (Wildman–Crippen LogP) is 3.29. The van der Waals surface area contributed by atoms with Gasteiger partial charge in [0.05, 0.1) is 0 Å². The van der Waals surface area contributed by atoms with Crippen molar-refractivity contribution < 1.29 is 4.79 Å². The number of carbonyl (C=O) groups is 1. The second-order valence-electron chi connectivity index (χ2n) is 4.79. The molecule has 0 aliphatic carbocycles. The van der Waals surface area contributed by atoms with Gasteiger partial charge in [-0.1, -0.05) is 30.3 Å². The molecule has 0 aliphatic heterocycles. The highest BCUT2D eigenvalue weighted by Crippen LogP contribution is 2.22. The van der Waals surface area contributed by atoms with Crippen LogP contribution in [0.1, 0.15) is 22.5 Å². The van der Waals surface area contributed by atoms with Crippen LogP contribution in [0.3, 0.4) is 0 Å². The molecule has 0 fully saturated rings. The van der Waals surface area contributed by atoms with E-state index in [-0.39, 0.29) is 5.78 Å². The first kappa shape index (κ1) is 13.2. The minimum Gasteiger partial charge on any atom is -0.292 e. The minimum absolute atomic E-state index is 0.0481. The third-order valence-electron chi connectivity index (χ3n) is 3.38. The highest BCUT2D eigenvalue weighted by molar-refractivity contribution is 6.00. The Hall–Kier alpha value is -2.75. The molecule has 0 radical (unpaired) electrons. The van der Waals surface area contributed by atoms with Crippen LogP contribution in [0.2, 0.25) is 0 Å². The quantitative estimate of drug-likeness (QED) is 0.728. The lowest BCUT2D eigenvalue weighted by Crippen LogP contribution is -2.03. The van der Waals surface area contributed by atoms with Crippen molar-refractivity contribution in [1.82, 2.24) is 15.2 Å². The van der Waals surface area contributed by atoms with Crippen LogP contribution in [-0.2, 0) is 6.42 Å². The molecule has 0 bridgehead atoms. The maximum Gasteiger partial charge on any atom is 0.184 e. The van der Waals surface area contributed by atoms with E-state index in [9.17, 15) is 4.79 Å². The number of carbonyl (C=O) groups excluding carboxylic acids is 1. The Morgan fingerprint density at radius 2 is 1.81 bits per heavy atom. The SMILES string of the molecule is O=C(CCc1ccccc1)c1n[nH]cc1-c1ccncc1. The summed E-state index contributed by atoms with van der Waals surface area (Å²) in [6, 6.07) is 13.7. The molecule has 3 rings (SSSR count). The smallest absolute Gasteiger partial charge is 0.184 e. The molecule has 3 aromatic rings. The molecule has 2 heterocycles. The van der Waals surface area contributed by atoms with Gasteiger partial charge in [0.15, 0.2) is 5.78 Å². The summed E-state index contributed by atoms with van der Waals surface area (Å²) in [7, 11) is 0. The van der Waals surface area contributed by atoms with Gasteiger partial charge in [0.2, 0.25) is 0 Å². The maximum atomic E-state index is 12.4. The summed E-state index contributed by atoms with van der Waals surface area (Å²) in [6.45, 7) is 0. The molecule has 4 heteroatoms. The van der Waals surface area contributed by atoms with Crippen molar-refractivity contribution in [1.29, 1.82) is 0 Å². The van der Waals surface area contributed by atoms with Crippen molar-refractivity contribution in [2.24, 2.45) is 0 Å². The van der Waals surface area contributed by atoms with E-state index in [0.717, 1.165) is 23.1 Å². The molecule has 0 unspecified atom stereocenters. The lowest BCUT2D eigenvalue weighted by molar-refractivity contribution is 0.0978. The number of benzene rings is 1. The Morgan fingerprint density at radius 1 is 1.05 bits per heavy atom. The molecule has 0 spiro atoms. The molecule has 1 aromatic carbocycles. The zero-order valence-corrected chi connectivity index (χ0v) is 11.5. The van der Waals surface area contributed by atoms with Gasteiger partial charge in [-0.25, -0.2) is 0 Å². The van der Waals surface area contributed by atoms with Gasteiger partial charge in [0.25, 0.3) is 0 Å². The van der Waals surface area contributed by atoms with E-state index in [1.54, 1.807) is 18.6 Å². The first-order valence-corrected chi connectivity index (χ1v) is 6.86. The highest BCUT2D eigenvalue weighted by atomic mass is 16.1. The first-order valence-electron chi connectivity index (χ1n) is 6.86. The Morgan fingerprint density at radius 3 is 2.57 bits per heavy atom. The molecule has 0 saturated carbocycles. The van der Waals surface area contributed by atoms with E-state index in [0.29, 0.717) is 12.1 Å². The topological polar surface area (TPSA) is 58.6 Å². The maximum absolute atomic E-state index is 12.4. The van der Waals surface area contributed by atoms with Gasteiger partial charge in [0.1, 0.15) is 5.69 Å². The average Bonchev–Trinajstić information content (AvgIpc) is 3.04. The highest BCUT2D eigenvalue weighted by Gasteiger charge is 2.15. The summed E-state index contributed by atoms with van der Waals surface area (Å²) in [5.74, 6) is 0.0481.